The number of fused-ring (bicyclic) bond motifs is 5. The Morgan fingerprint density at radius 3 is 1.45 bits per heavy atom. The molecule has 0 saturated carbocycles. The number of nitrogens with two attached hydrogens (primary N) is 1. The number of hydrogen-bond donors (Lipinski definition) is 1. The van der Waals surface area contributed by atoms with Gasteiger partial charge in [-0.05, 0) is 45.6 Å². The number of alkyl halides is 1. The van der Waals surface area contributed by atoms with Crippen LogP contribution in [0.3, 0.4) is 0 Å². The summed E-state index contributed by atoms with van der Waals surface area (Å²) in [4.78, 5) is 0. The molecule has 0 aliphatic heterocycles. The molecule has 264 valence electrons. The molecular weight excluding hydrogens is 574 g/mol. The Hall–Kier alpha value is -2.19. The second-order valence-electron chi connectivity index (χ2n) is 13.9. The van der Waals surface area contributed by atoms with Gasteiger partial charge in [0.2, 0.25) is 0 Å². The number of hydrogen-bond acceptors (Lipinski definition) is 1. The molecule has 1 aliphatic carbocycles. The van der Waals surface area contributed by atoms with Gasteiger partial charge in [-0.3, -0.25) is 0 Å². The highest BCUT2D eigenvalue weighted by Crippen LogP contribution is 2.37. The molecule has 3 aromatic rings. The standard InChI is InChI=1S/C18H13F.C17H36.C10H23N/c19-18-7-3-6-14-16-9-8-12-4-1-2-5-13(12)15(16)10-11-17(14)18;1-3-5-7-9-11-13-15-17-16-14-12-10-8-6-4-2;1-2-3-4-5-6-7-8-9-10-11/h1-6,8-11,18H,7H2;3-17H2,1-2H3;2-11H2,1H3. The Kier molecular flexibility index (Phi) is 24.2. The van der Waals surface area contributed by atoms with Crippen molar-refractivity contribution in [2.45, 2.75) is 181 Å². The summed E-state index contributed by atoms with van der Waals surface area (Å²) in [6.07, 6.45) is 36.5. The molecule has 0 amide bonds. The minimum absolute atomic E-state index is 0.492. The third kappa shape index (κ3) is 17.2. The molecule has 1 aliphatic rings. The Labute approximate surface area is 290 Å². The van der Waals surface area contributed by atoms with Gasteiger partial charge in [0.15, 0.2) is 0 Å². The summed E-state index contributed by atoms with van der Waals surface area (Å²) in [5, 5.41) is 4.81. The van der Waals surface area contributed by atoms with Crippen LogP contribution in [-0.2, 0) is 0 Å². The number of unbranched alkanes of at least 4 members (excludes halogenated alkanes) is 21. The first-order valence-electron chi connectivity index (χ1n) is 20.1. The number of halogens is 1. The average molecular weight is 646 g/mol. The van der Waals surface area contributed by atoms with Crippen molar-refractivity contribution in [2.75, 3.05) is 6.54 Å². The van der Waals surface area contributed by atoms with Gasteiger partial charge in [-0.1, -0.05) is 223 Å². The lowest BCUT2D eigenvalue weighted by atomic mass is 9.89. The SMILES string of the molecule is CCCCCCCCCCCCCCCCC.CCCCCCCCCCN.FC1CC=Cc2c1ccc1c2ccc2ccccc21. The molecule has 0 aromatic heterocycles. The fraction of sp³-hybridized carbons (Fsp3) is 0.644. The molecule has 0 heterocycles. The minimum atomic E-state index is -0.865. The zero-order valence-electron chi connectivity index (χ0n) is 31.0. The van der Waals surface area contributed by atoms with Gasteiger partial charge in [0.05, 0.1) is 0 Å². The Bertz CT molecular complexity index is 1180. The lowest BCUT2D eigenvalue weighted by Gasteiger charge is -2.17. The van der Waals surface area contributed by atoms with Crippen molar-refractivity contribution in [3.8, 4) is 0 Å². The lowest BCUT2D eigenvalue weighted by Crippen LogP contribution is -1.99. The fourth-order valence-electron chi connectivity index (χ4n) is 6.74. The summed E-state index contributed by atoms with van der Waals surface area (Å²) in [5.74, 6) is 0. The van der Waals surface area contributed by atoms with Crippen LogP contribution in [0.25, 0.3) is 27.6 Å². The molecular formula is C45H72FN. The van der Waals surface area contributed by atoms with Crippen LogP contribution < -0.4 is 5.73 Å². The molecule has 4 rings (SSSR count). The van der Waals surface area contributed by atoms with Gasteiger partial charge in [0, 0.05) is 6.42 Å². The first kappa shape index (κ1) is 41.0. The molecule has 47 heavy (non-hydrogen) atoms. The van der Waals surface area contributed by atoms with Crippen LogP contribution in [0.1, 0.15) is 192 Å². The molecule has 0 radical (unpaired) electrons. The molecule has 3 aromatic carbocycles. The largest absolute Gasteiger partial charge is 0.330 e. The van der Waals surface area contributed by atoms with Crippen molar-refractivity contribution in [1.29, 1.82) is 0 Å². The van der Waals surface area contributed by atoms with Crippen LogP contribution >= 0.6 is 0 Å². The van der Waals surface area contributed by atoms with E-state index in [-0.39, 0.29) is 0 Å². The highest BCUT2D eigenvalue weighted by molar-refractivity contribution is 6.10. The first-order chi connectivity index (χ1) is 23.2. The summed E-state index contributed by atoms with van der Waals surface area (Å²) >= 11 is 0. The van der Waals surface area contributed by atoms with Crippen molar-refractivity contribution < 1.29 is 4.39 Å². The third-order valence-electron chi connectivity index (χ3n) is 9.73. The van der Waals surface area contributed by atoms with E-state index in [1.165, 1.54) is 164 Å². The van der Waals surface area contributed by atoms with E-state index in [0.29, 0.717) is 6.42 Å². The summed E-state index contributed by atoms with van der Waals surface area (Å²) < 4.78 is 14.0. The molecule has 0 saturated heterocycles. The molecule has 1 unspecified atom stereocenters. The van der Waals surface area contributed by atoms with Crippen LogP contribution in [0.5, 0.6) is 0 Å². The summed E-state index contributed by atoms with van der Waals surface area (Å²) in [7, 11) is 0. The summed E-state index contributed by atoms with van der Waals surface area (Å²) in [6, 6.07) is 16.6. The second-order valence-corrected chi connectivity index (χ2v) is 13.9. The maximum Gasteiger partial charge on any atom is 0.129 e. The topological polar surface area (TPSA) is 26.0 Å². The van der Waals surface area contributed by atoms with E-state index in [4.69, 9.17) is 5.73 Å². The maximum atomic E-state index is 14.0. The van der Waals surface area contributed by atoms with E-state index in [1.807, 2.05) is 18.2 Å². The van der Waals surface area contributed by atoms with Crippen LogP contribution in [0, 0.1) is 0 Å². The quantitative estimate of drug-likeness (QED) is 0.0854. The zero-order valence-corrected chi connectivity index (χ0v) is 31.0. The zero-order chi connectivity index (χ0) is 33.8. The van der Waals surface area contributed by atoms with Gasteiger partial charge in [-0.25, -0.2) is 4.39 Å². The van der Waals surface area contributed by atoms with Crippen LogP contribution in [0.15, 0.2) is 54.6 Å². The minimum Gasteiger partial charge on any atom is -0.330 e. The molecule has 0 spiro atoms. The molecule has 0 fully saturated rings. The fourth-order valence-corrected chi connectivity index (χ4v) is 6.74. The van der Waals surface area contributed by atoms with Gasteiger partial charge >= 0.3 is 0 Å². The summed E-state index contributed by atoms with van der Waals surface area (Å²) in [5.41, 5.74) is 7.26. The van der Waals surface area contributed by atoms with E-state index in [0.717, 1.165) is 23.1 Å². The van der Waals surface area contributed by atoms with Gasteiger partial charge in [0.1, 0.15) is 6.17 Å². The molecule has 2 heteroatoms. The molecule has 1 nitrogen and oxygen atoms in total. The van der Waals surface area contributed by atoms with Crippen molar-refractivity contribution in [3.05, 3.63) is 65.7 Å². The van der Waals surface area contributed by atoms with Gasteiger partial charge < -0.3 is 5.73 Å². The Balaban J connectivity index is 0.000000255. The van der Waals surface area contributed by atoms with Gasteiger partial charge in [-0.15, -0.1) is 0 Å². The van der Waals surface area contributed by atoms with Crippen LogP contribution in [0.4, 0.5) is 4.39 Å². The van der Waals surface area contributed by atoms with Crippen molar-refractivity contribution >= 4 is 27.6 Å². The predicted molar refractivity (Wildman–Crippen MR) is 211 cm³/mol. The second kappa shape index (κ2) is 27.7. The maximum absolute atomic E-state index is 14.0. The Morgan fingerprint density at radius 1 is 0.511 bits per heavy atom. The van der Waals surface area contributed by atoms with Gasteiger partial charge in [-0.2, -0.15) is 0 Å². The van der Waals surface area contributed by atoms with Gasteiger partial charge in [0.25, 0.3) is 0 Å². The van der Waals surface area contributed by atoms with Crippen molar-refractivity contribution in [1.82, 2.24) is 0 Å². The highest BCUT2D eigenvalue weighted by Gasteiger charge is 2.18. The third-order valence-corrected chi connectivity index (χ3v) is 9.73. The monoisotopic (exact) mass is 646 g/mol. The number of rotatable bonds is 22. The van der Waals surface area contributed by atoms with E-state index < -0.39 is 6.17 Å². The van der Waals surface area contributed by atoms with Crippen molar-refractivity contribution in [3.63, 3.8) is 0 Å². The molecule has 2 N–H and O–H groups in total. The van der Waals surface area contributed by atoms with Crippen LogP contribution in [0.2, 0.25) is 0 Å². The molecule has 1 atom stereocenters. The van der Waals surface area contributed by atoms with E-state index in [2.05, 4.69) is 63.2 Å². The first-order valence-corrected chi connectivity index (χ1v) is 20.1. The van der Waals surface area contributed by atoms with Crippen LogP contribution in [-0.4, -0.2) is 6.54 Å². The smallest absolute Gasteiger partial charge is 0.129 e. The van der Waals surface area contributed by atoms with Crippen molar-refractivity contribution in [2.24, 2.45) is 5.73 Å². The normalized spacial score (nSPS) is 13.6. The predicted octanol–water partition coefficient (Wildman–Crippen LogP) is 15.4. The molecule has 0 bridgehead atoms. The Morgan fingerprint density at radius 2 is 0.957 bits per heavy atom. The van der Waals surface area contributed by atoms with E-state index in [9.17, 15) is 4.39 Å². The summed E-state index contributed by atoms with van der Waals surface area (Å²) in [6.45, 7) is 7.71. The average Bonchev–Trinajstić information content (AvgIpc) is 3.10. The number of benzene rings is 3. The highest BCUT2D eigenvalue weighted by atomic mass is 19.1. The lowest BCUT2D eigenvalue weighted by molar-refractivity contribution is 0.345. The van der Waals surface area contributed by atoms with E-state index in [1.54, 1.807) is 0 Å². The van der Waals surface area contributed by atoms with E-state index >= 15 is 0 Å². The number of allylic oxidation sites excluding steroid dienone is 1.